The van der Waals surface area contributed by atoms with Crippen molar-refractivity contribution in [3.63, 3.8) is 0 Å². The van der Waals surface area contributed by atoms with E-state index in [0.717, 1.165) is 54.3 Å². The number of carbonyl (C=O) groups excluding carboxylic acids is 1. The third kappa shape index (κ3) is 5.93. The van der Waals surface area contributed by atoms with Crippen LogP contribution in [0, 0.1) is 5.92 Å². The molecule has 11 heteroatoms. The molecule has 0 bridgehead atoms. The summed E-state index contributed by atoms with van der Waals surface area (Å²) in [7, 11) is 1.65. The summed E-state index contributed by atoms with van der Waals surface area (Å²) in [6, 6.07) is 23.1. The number of hydrogen-bond donors (Lipinski definition) is 1. The zero-order chi connectivity index (χ0) is 28.0. The van der Waals surface area contributed by atoms with Gasteiger partial charge in [-0.3, -0.25) is 4.79 Å². The van der Waals surface area contributed by atoms with Gasteiger partial charge in [-0.05, 0) is 43.2 Å². The smallest absolute Gasteiger partial charge is 0.231 e. The van der Waals surface area contributed by atoms with Crippen molar-refractivity contribution in [3.05, 3.63) is 79.1 Å². The van der Waals surface area contributed by atoms with Crippen molar-refractivity contribution in [3.8, 4) is 34.3 Å². The molecule has 6 rings (SSSR count). The molecule has 5 aromatic rings. The molecule has 208 valence electrons. The van der Waals surface area contributed by atoms with E-state index in [4.69, 9.17) is 9.47 Å². The average Bonchev–Trinajstić information content (AvgIpc) is 3.47. The first-order valence-electron chi connectivity index (χ1n) is 13.6. The third-order valence-corrected chi connectivity index (χ3v) is 7.15. The van der Waals surface area contributed by atoms with Gasteiger partial charge in [-0.1, -0.05) is 30.3 Å². The van der Waals surface area contributed by atoms with Gasteiger partial charge in [0, 0.05) is 42.3 Å². The lowest BCUT2D eigenvalue weighted by Crippen LogP contribution is -2.41. The van der Waals surface area contributed by atoms with Gasteiger partial charge in [0.25, 0.3) is 0 Å². The van der Waals surface area contributed by atoms with Gasteiger partial charge in [-0.15, -0.1) is 15.3 Å². The number of hydrogen-bond acceptors (Lipinski definition) is 9. The number of rotatable bonds is 9. The van der Waals surface area contributed by atoms with E-state index in [1.165, 1.54) is 0 Å². The van der Waals surface area contributed by atoms with Crippen LogP contribution in [-0.2, 0) is 4.79 Å². The zero-order valence-electron chi connectivity index (χ0n) is 22.7. The number of amides is 1. The molecule has 41 heavy (non-hydrogen) atoms. The number of aromatic nitrogens is 6. The van der Waals surface area contributed by atoms with E-state index < -0.39 is 0 Å². The van der Waals surface area contributed by atoms with E-state index in [9.17, 15) is 4.79 Å². The van der Waals surface area contributed by atoms with Crippen LogP contribution >= 0.6 is 0 Å². The van der Waals surface area contributed by atoms with E-state index in [1.54, 1.807) is 24.0 Å². The minimum Gasteiger partial charge on any atom is -0.497 e. The highest BCUT2D eigenvalue weighted by Gasteiger charge is 2.25. The number of piperidine rings is 1. The van der Waals surface area contributed by atoms with Crippen LogP contribution in [0.25, 0.3) is 28.3 Å². The van der Waals surface area contributed by atoms with Crippen LogP contribution < -0.4 is 19.7 Å². The third-order valence-electron chi connectivity index (χ3n) is 7.15. The van der Waals surface area contributed by atoms with Gasteiger partial charge in [0.1, 0.15) is 24.5 Å². The second kappa shape index (κ2) is 12.0. The average molecular weight is 551 g/mol. The van der Waals surface area contributed by atoms with Crippen LogP contribution in [0.15, 0.2) is 79.1 Å². The molecule has 0 unspecified atom stereocenters. The van der Waals surface area contributed by atoms with Crippen molar-refractivity contribution < 1.29 is 14.3 Å². The summed E-state index contributed by atoms with van der Waals surface area (Å²) < 4.78 is 12.7. The number of nitrogens with zero attached hydrogens (tertiary/aromatic N) is 7. The van der Waals surface area contributed by atoms with E-state index in [1.807, 2.05) is 66.7 Å². The molecule has 0 radical (unpaired) electrons. The first-order chi connectivity index (χ1) is 20.2. The maximum Gasteiger partial charge on any atom is 0.231 e. The number of methoxy groups -OCH3 is 1. The molecular weight excluding hydrogens is 520 g/mol. The van der Waals surface area contributed by atoms with Crippen molar-refractivity contribution in [2.75, 3.05) is 38.3 Å². The maximum atomic E-state index is 12.8. The van der Waals surface area contributed by atoms with Crippen molar-refractivity contribution in [1.82, 2.24) is 35.1 Å². The molecule has 4 heterocycles. The standard InChI is InChI=1S/C30H30N8O3/c1-40-24-9-7-21(8-10-24)25-19-27(33-20-32-25)37-16-13-23(14-17-37)30(39)31-15-18-41-28-12-11-26-34-35-29(38(26)36-28)22-5-3-2-4-6-22/h2-12,19-20,23H,13-18H2,1H3,(H,31,39). The number of nitrogens with one attached hydrogen (secondary N) is 1. The number of ether oxygens (including phenoxy) is 2. The Bertz CT molecular complexity index is 1620. The molecule has 2 aromatic carbocycles. The van der Waals surface area contributed by atoms with Crippen molar-refractivity contribution in [2.24, 2.45) is 5.92 Å². The Kier molecular flexibility index (Phi) is 7.65. The van der Waals surface area contributed by atoms with Gasteiger partial charge < -0.3 is 19.7 Å². The fourth-order valence-electron chi connectivity index (χ4n) is 4.90. The SMILES string of the molecule is COc1ccc(-c2cc(N3CCC(C(=O)NCCOc4ccc5nnc(-c6ccccc6)n5n4)CC3)ncn2)cc1. The second-order valence-electron chi connectivity index (χ2n) is 9.72. The highest BCUT2D eigenvalue weighted by Crippen LogP contribution is 2.26. The van der Waals surface area contributed by atoms with Gasteiger partial charge in [0.05, 0.1) is 19.3 Å². The minimum atomic E-state index is -0.0472. The topological polar surface area (TPSA) is 120 Å². The Morgan fingerprint density at radius 3 is 2.54 bits per heavy atom. The van der Waals surface area contributed by atoms with Crippen LogP contribution in [0.1, 0.15) is 12.8 Å². The number of benzene rings is 2. The molecule has 1 N–H and O–H groups in total. The summed E-state index contributed by atoms with van der Waals surface area (Å²) in [5.74, 6) is 2.75. The number of carbonyl (C=O) groups is 1. The second-order valence-corrected chi connectivity index (χ2v) is 9.72. The van der Waals surface area contributed by atoms with Crippen molar-refractivity contribution in [2.45, 2.75) is 12.8 Å². The quantitative estimate of drug-likeness (QED) is 0.274. The maximum absolute atomic E-state index is 12.8. The molecule has 1 fully saturated rings. The Morgan fingerprint density at radius 2 is 1.76 bits per heavy atom. The Labute approximate surface area is 237 Å². The van der Waals surface area contributed by atoms with Crippen LogP contribution in [0.5, 0.6) is 11.6 Å². The molecule has 0 spiro atoms. The van der Waals surface area contributed by atoms with E-state index in [0.29, 0.717) is 30.5 Å². The molecule has 1 saturated heterocycles. The summed E-state index contributed by atoms with van der Waals surface area (Å²) in [5.41, 5.74) is 3.40. The largest absolute Gasteiger partial charge is 0.497 e. The molecule has 11 nitrogen and oxygen atoms in total. The predicted octanol–water partition coefficient (Wildman–Crippen LogP) is 3.67. The molecule has 0 aliphatic carbocycles. The van der Waals surface area contributed by atoms with Gasteiger partial charge in [-0.25, -0.2) is 9.97 Å². The minimum absolute atomic E-state index is 0.0449. The molecular formula is C30H30N8O3. The molecule has 0 saturated carbocycles. The lowest BCUT2D eigenvalue weighted by atomic mass is 9.96. The van der Waals surface area contributed by atoms with Crippen LogP contribution in [0.3, 0.4) is 0 Å². The first kappa shape index (κ1) is 26.2. The lowest BCUT2D eigenvalue weighted by molar-refractivity contribution is -0.125. The van der Waals surface area contributed by atoms with E-state index in [-0.39, 0.29) is 11.8 Å². The summed E-state index contributed by atoms with van der Waals surface area (Å²) >= 11 is 0. The molecule has 1 amide bonds. The fraction of sp³-hybridized carbons (Fsp3) is 0.267. The summed E-state index contributed by atoms with van der Waals surface area (Å²) in [6.45, 7) is 2.20. The summed E-state index contributed by atoms with van der Waals surface area (Å²) in [5, 5.41) is 16.0. The Balaban J connectivity index is 0.981. The molecule has 3 aromatic heterocycles. The van der Waals surface area contributed by atoms with Gasteiger partial charge in [-0.2, -0.15) is 4.52 Å². The van der Waals surface area contributed by atoms with Gasteiger partial charge in [0.15, 0.2) is 11.5 Å². The van der Waals surface area contributed by atoms with Crippen molar-refractivity contribution in [1.29, 1.82) is 0 Å². The molecule has 1 aliphatic rings. The monoisotopic (exact) mass is 550 g/mol. The Hall–Kier alpha value is -5.06. The van der Waals surface area contributed by atoms with Crippen LogP contribution in [-0.4, -0.2) is 69.0 Å². The number of fused-ring (bicyclic) bond motifs is 1. The van der Waals surface area contributed by atoms with Gasteiger partial charge >= 0.3 is 0 Å². The highest BCUT2D eigenvalue weighted by molar-refractivity contribution is 5.79. The first-order valence-corrected chi connectivity index (χ1v) is 13.6. The number of anilines is 1. The normalized spacial score (nSPS) is 13.7. The summed E-state index contributed by atoms with van der Waals surface area (Å²) in [6.07, 6.45) is 3.09. The zero-order valence-corrected chi connectivity index (χ0v) is 22.7. The predicted molar refractivity (Wildman–Crippen MR) is 154 cm³/mol. The lowest BCUT2D eigenvalue weighted by Gasteiger charge is -2.32. The van der Waals surface area contributed by atoms with Crippen LogP contribution in [0.2, 0.25) is 0 Å². The highest BCUT2D eigenvalue weighted by atomic mass is 16.5. The van der Waals surface area contributed by atoms with E-state index in [2.05, 4.69) is 35.5 Å². The van der Waals surface area contributed by atoms with Crippen LogP contribution in [0.4, 0.5) is 5.82 Å². The molecule has 1 aliphatic heterocycles. The Morgan fingerprint density at radius 1 is 0.951 bits per heavy atom. The fourth-order valence-corrected chi connectivity index (χ4v) is 4.90. The molecule has 0 atom stereocenters. The van der Waals surface area contributed by atoms with E-state index >= 15 is 0 Å². The van der Waals surface area contributed by atoms with Gasteiger partial charge in [0.2, 0.25) is 11.8 Å². The van der Waals surface area contributed by atoms with Crippen molar-refractivity contribution >= 4 is 17.4 Å². The summed E-state index contributed by atoms with van der Waals surface area (Å²) in [4.78, 5) is 23.9.